The van der Waals surface area contributed by atoms with E-state index in [0.29, 0.717) is 25.2 Å². The number of piperidine rings is 1. The fourth-order valence-corrected chi connectivity index (χ4v) is 3.35. The second-order valence-electron chi connectivity index (χ2n) is 7.40. The SMILES string of the molecule is CN=C(NCC1CCCN(C(C)C)C1)Nc1cccc(OCCCOC)c1.I. The van der Waals surface area contributed by atoms with E-state index in [9.17, 15) is 0 Å². The van der Waals surface area contributed by atoms with Gasteiger partial charge >= 0.3 is 0 Å². The Hall–Kier alpha value is -1.06. The van der Waals surface area contributed by atoms with Crippen LogP contribution in [-0.2, 0) is 4.74 Å². The minimum absolute atomic E-state index is 0. The number of nitrogens with zero attached hydrogens (tertiary/aromatic N) is 2. The Morgan fingerprint density at radius 1 is 1.32 bits per heavy atom. The van der Waals surface area contributed by atoms with Crippen molar-refractivity contribution >= 4 is 35.6 Å². The zero-order valence-electron chi connectivity index (χ0n) is 17.7. The van der Waals surface area contributed by atoms with Gasteiger partial charge in [0.15, 0.2) is 5.96 Å². The highest BCUT2D eigenvalue weighted by Crippen LogP contribution is 2.19. The number of hydrogen-bond donors (Lipinski definition) is 2. The molecule has 1 aliphatic rings. The molecule has 0 saturated carbocycles. The third-order valence-corrected chi connectivity index (χ3v) is 4.92. The summed E-state index contributed by atoms with van der Waals surface area (Å²) in [7, 11) is 3.51. The van der Waals surface area contributed by atoms with Crippen LogP contribution in [-0.4, -0.2) is 63.9 Å². The number of ether oxygens (including phenoxy) is 2. The van der Waals surface area contributed by atoms with E-state index in [4.69, 9.17) is 9.47 Å². The van der Waals surface area contributed by atoms with Gasteiger partial charge in [0.1, 0.15) is 5.75 Å². The molecule has 0 bridgehead atoms. The van der Waals surface area contributed by atoms with Crippen LogP contribution in [0.1, 0.15) is 33.1 Å². The summed E-state index contributed by atoms with van der Waals surface area (Å²) >= 11 is 0. The van der Waals surface area contributed by atoms with Crippen LogP contribution in [0.3, 0.4) is 0 Å². The Kier molecular flexibility index (Phi) is 12.5. The van der Waals surface area contributed by atoms with Crippen LogP contribution in [0.2, 0.25) is 0 Å². The first-order chi connectivity index (χ1) is 13.1. The molecule has 1 aromatic rings. The van der Waals surface area contributed by atoms with Gasteiger partial charge in [-0.3, -0.25) is 4.99 Å². The fourth-order valence-electron chi connectivity index (χ4n) is 3.35. The van der Waals surface area contributed by atoms with Crippen LogP contribution in [0.25, 0.3) is 0 Å². The molecule has 1 saturated heterocycles. The molecule has 1 unspecified atom stereocenters. The van der Waals surface area contributed by atoms with Gasteiger partial charge in [0.05, 0.1) is 6.61 Å². The van der Waals surface area contributed by atoms with Crippen molar-refractivity contribution in [3.05, 3.63) is 24.3 Å². The van der Waals surface area contributed by atoms with Crippen molar-refractivity contribution in [1.82, 2.24) is 10.2 Å². The van der Waals surface area contributed by atoms with Crippen LogP contribution < -0.4 is 15.4 Å². The lowest BCUT2D eigenvalue weighted by molar-refractivity contribution is 0.141. The van der Waals surface area contributed by atoms with Crippen LogP contribution >= 0.6 is 24.0 Å². The summed E-state index contributed by atoms with van der Waals surface area (Å²) in [6.07, 6.45) is 3.43. The van der Waals surface area contributed by atoms with Crippen molar-refractivity contribution in [2.75, 3.05) is 52.3 Å². The van der Waals surface area contributed by atoms with Gasteiger partial charge in [-0.2, -0.15) is 0 Å². The Balaban J connectivity index is 0.00000392. The van der Waals surface area contributed by atoms with Gasteiger partial charge in [0.25, 0.3) is 0 Å². The molecule has 1 heterocycles. The van der Waals surface area contributed by atoms with E-state index in [1.807, 2.05) is 31.3 Å². The molecular weight excluding hydrogens is 467 g/mol. The molecule has 0 aliphatic carbocycles. The highest BCUT2D eigenvalue weighted by molar-refractivity contribution is 14.0. The summed E-state index contributed by atoms with van der Waals surface area (Å²) in [5.41, 5.74) is 0.972. The predicted molar refractivity (Wildman–Crippen MR) is 128 cm³/mol. The number of nitrogens with one attached hydrogen (secondary N) is 2. The predicted octanol–water partition coefficient (Wildman–Crippen LogP) is 3.83. The van der Waals surface area contributed by atoms with Gasteiger partial charge in [-0.1, -0.05) is 6.07 Å². The Morgan fingerprint density at radius 2 is 2.14 bits per heavy atom. The molecular formula is C21H37IN4O2. The maximum Gasteiger partial charge on any atom is 0.195 e. The maximum atomic E-state index is 5.77. The molecule has 1 fully saturated rings. The minimum Gasteiger partial charge on any atom is -0.493 e. The lowest BCUT2D eigenvalue weighted by Crippen LogP contribution is -2.44. The molecule has 1 atom stereocenters. The number of rotatable bonds is 9. The molecule has 28 heavy (non-hydrogen) atoms. The van der Waals surface area contributed by atoms with E-state index < -0.39 is 0 Å². The van der Waals surface area contributed by atoms with Gasteiger partial charge in [-0.15, -0.1) is 24.0 Å². The Labute approximate surface area is 187 Å². The third-order valence-electron chi connectivity index (χ3n) is 4.92. The normalized spacial score (nSPS) is 17.9. The summed E-state index contributed by atoms with van der Waals surface area (Å²) < 4.78 is 10.8. The van der Waals surface area contributed by atoms with Gasteiger partial charge in [0, 0.05) is 58.1 Å². The largest absolute Gasteiger partial charge is 0.493 e. The van der Waals surface area contributed by atoms with Gasteiger partial charge in [-0.05, 0) is 51.3 Å². The smallest absolute Gasteiger partial charge is 0.195 e. The van der Waals surface area contributed by atoms with Crippen molar-refractivity contribution in [2.45, 2.75) is 39.2 Å². The number of aliphatic imine (C=N–C) groups is 1. The van der Waals surface area contributed by atoms with Crippen molar-refractivity contribution in [3.63, 3.8) is 0 Å². The highest BCUT2D eigenvalue weighted by Gasteiger charge is 2.21. The topological polar surface area (TPSA) is 58.1 Å². The lowest BCUT2D eigenvalue weighted by atomic mass is 9.97. The average molecular weight is 504 g/mol. The standard InChI is InChI=1S/C21H36N4O2.HI/c1-17(2)25-11-6-8-18(16-25)15-23-21(22-3)24-19-9-5-10-20(14-19)27-13-7-12-26-4;/h5,9-10,14,17-18H,6-8,11-13,15-16H2,1-4H3,(H2,22,23,24);1H. The molecule has 2 N–H and O–H groups in total. The lowest BCUT2D eigenvalue weighted by Gasteiger charge is -2.35. The van der Waals surface area contributed by atoms with Crippen molar-refractivity contribution in [3.8, 4) is 5.75 Å². The van der Waals surface area contributed by atoms with E-state index in [1.54, 1.807) is 7.11 Å². The Morgan fingerprint density at radius 3 is 2.86 bits per heavy atom. The number of benzene rings is 1. The number of anilines is 1. The number of halogens is 1. The van der Waals surface area contributed by atoms with Crippen LogP contribution in [0.15, 0.2) is 29.3 Å². The quantitative estimate of drug-likeness (QED) is 0.232. The molecule has 0 spiro atoms. The van der Waals surface area contributed by atoms with Gasteiger partial charge in [-0.25, -0.2) is 0 Å². The highest BCUT2D eigenvalue weighted by atomic mass is 127. The summed E-state index contributed by atoms with van der Waals surface area (Å²) in [4.78, 5) is 6.93. The molecule has 160 valence electrons. The van der Waals surface area contributed by atoms with E-state index in [-0.39, 0.29) is 24.0 Å². The van der Waals surface area contributed by atoms with Crippen molar-refractivity contribution in [2.24, 2.45) is 10.9 Å². The zero-order chi connectivity index (χ0) is 19.5. The monoisotopic (exact) mass is 504 g/mol. The van der Waals surface area contributed by atoms with Crippen LogP contribution in [0, 0.1) is 5.92 Å². The van der Waals surface area contributed by atoms with Crippen LogP contribution in [0.5, 0.6) is 5.75 Å². The molecule has 1 aromatic carbocycles. The minimum atomic E-state index is 0. The Bertz CT molecular complexity index is 583. The summed E-state index contributed by atoms with van der Waals surface area (Å²) in [6, 6.07) is 8.60. The first-order valence-electron chi connectivity index (χ1n) is 10.1. The van der Waals surface area contributed by atoms with E-state index >= 15 is 0 Å². The molecule has 0 radical (unpaired) electrons. The van der Waals surface area contributed by atoms with Gasteiger partial charge in [0.2, 0.25) is 0 Å². The summed E-state index contributed by atoms with van der Waals surface area (Å²) in [5, 5.41) is 6.85. The number of likely N-dealkylation sites (tertiary alicyclic amines) is 1. The molecule has 2 rings (SSSR count). The second-order valence-corrected chi connectivity index (χ2v) is 7.40. The number of hydrogen-bond acceptors (Lipinski definition) is 4. The van der Waals surface area contributed by atoms with Crippen LogP contribution in [0.4, 0.5) is 5.69 Å². The molecule has 7 heteroatoms. The summed E-state index contributed by atoms with van der Waals surface area (Å²) in [6.45, 7) is 9.24. The van der Waals surface area contributed by atoms with Gasteiger partial charge < -0.3 is 25.0 Å². The first-order valence-corrected chi connectivity index (χ1v) is 10.1. The van der Waals surface area contributed by atoms with E-state index in [0.717, 1.165) is 36.9 Å². The van der Waals surface area contributed by atoms with E-state index in [1.165, 1.54) is 19.4 Å². The average Bonchev–Trinajstić information content (AvgIpc) is 2.69. The fraction of sp³-hybridized carbons (Fsp3) is 0.667. The van der Waals surface area contributed by atoms with Crippen molar-refractivity contribution in [1.29, 1.82) is 0 Å². The zero-order valence-corrected chi connectivity index (χ0v) is 20.1. The maximum absolute atomic E-state index is 5.77. The third kappa shape index (κ3) is 8.96. The summed E-state index contributed by atoms with van der Waals surface area (Å²) in [5.74, 6) is 2.31. The molecule has 0 amide bonds. The number of methoxy groups -OCH3 is 1. The molecule has 1 aliphatic heterocycles. The molecule has 6 nitrogen and oxygen atoms in total. The second kappa shape index (κ2) is 14.0. The molecule has 0 aromatic heterocycles. The number of guanidine groups is 1. The first kappa shape index (κ1) is 25.0. The van der Waals surface area contributed by atoms with E-state index in [2.05, 4.69) is 34.4 Å². The van der Waals surface area contributed by atoms with Crippen molar-refractivity contribution < 1.29 is 9.47 Å².